The summed E-state index contributed by atoms with van der Waals surface area (Å²) in [4.78, 5) is 0. The molecular weight excluding hydrogens is 268 g/mol. The van der Waals surface area contributed by atoms with E-state index in [9.17, 15) is 0 Å². The molecular formula is C17H17ClN2. The minimum Gasteiger partial charge on any atom is -0.343 e. The molecule has 2 aromatic carbocycles. The van der Waals surface area contributed by atoms with Gasteiger partial charge in [0.05, 0.1) is 0 Å². The van der Waals surface area contributed by atoms with Crippen molar-refractivity contribution < 1.29 is 0 Å². The fraction of sp³-hybridized carbons (Fsp3) is 0.176. The zero-order valence-electron chi connectivity index (χ0n) is 11.2. The zero-order chi connectivity index (χ0) is 13.9. The van der Waals surface area contributed by atoms with Crippen molar-refractivity contribution in [2.45, 2.75) is 13.0 Å². The Hall–Kier alpha value is -1.77. The van der Waals surface area contributed by atoms with E-state index < -0.39 is 0 Å². The maximum Gasteiger partial charge on any atom is 0.0483 e. The molecule has 0 spiro atoms. The molecule has 0 radical (unpaired) electrons. The van der Waals surface area contributed by atoms with Gasteiger partial charge in [-0.15, -0.1) is 0 Å². The van der Waals surface area contributed by atoms with E-state index in [0.29, 0.717) is 6.54 Å². The number of benzene rings is 2. The lowest BCUT2D eigenvalue weighted by Gasteiger charge is -2.07. The number of nitrogens with zero attached hydrogens (tertiary/aromatic N) is 1. The van der Waals surface area contributed by atoms with Crippen LogP contribution in [0.1, 0.15) is 11.1 Å². The summed E-state index contributed by atoms with van der Waals surface area (Å²) in [6.07, 6.45) is 3.05. The van der Waals surface area contributed by atoms with Crippen LogP contribution in [0.25, 0.3) is 10.9 Å². The van der Waals surface area contributed by atoms with Crippen molar-refractivity contribution >= 4 is 22.5 Å². The van der Waals surface area contributed by atoms with E-state index >= 15 is 0 Å². The molecule has 0 amide bonds. The highest BCUT2D eigenvalue weighted by Crippen LogP contribution is 2.20. The Labute approximate surface area is 123 Å². The van der Waals surface area contributed by atoms with Gasteiger partial charge in [0.1, 0.15) is 0 Å². The molecule has 2 nitrogen and oxygen atoms in total. The lowest BCUT2D eigenvalue weighted by atomic mass is 10.1. The number of aromatic nitrogens is 1. The van der Waals surface area contributed by atoms with Gasteiger partial charge in [-0.05, 0) is 59.8 Å². The molecule has 102 valence electrons. The Morgan fingerprint density at radius 1 is 1.00 bits per heavy atom. The Bertz CT molecular complexity index is 731. The van der Waals surface area contributed by atoms with Crippen LogP contribution in [-0.4, -0.2) is 11.1 Å². The van der Waals surface area contributed by atoms with E-state index in [1.165, 1.54) is 22.0 Å². The number of fused-ring (bicyclic) bond motifs is 1. The average Bonchev–Trinajstić information content (AvgIpc) is 2.82. The Morgan fingerprint density at radius 2 is 1.90 bits per heavy atom. The molecule has 3 heteroatoms. The second-order valence-corrected chi connectivity index (χ2v) is 5.44. The third-order valence-corrected chi connectivity index (χ3v) is 3.75. The summed E-state index contributed by atoms with van der Waals surface area (Å²) in [5.41, 5.74) is 9.35. The summed E-state index contributed by atoms with van der Waals surface area (Å²) in [6, 6.07) is 16.7. The van der Waals surface area contributed by atoms with Gasteiger partial charge >= 0.3 is 0 Å². The van der Waals surface area contributed by atoms with Gasteiger partial charge in [-0.25, -0.2) is 0 Å². The van der Waals surface area contributed by atoms with Crippen LogP contribution in [0.4, 0.5) is 0 Å². The molecule has 0 saturated heterocycles. The van der Waals surface area contributed by atoms with Gasteiger partial charge in [0.25, 0.3) is 0 Å². The first-order valence-corrected chi connectivity index (χ1v) is 7.16. The van der Waals surface area contributed by atoms with Crippen LogP contribution in [0.3, 0.4) is 0 Å². The molecule has 3 aromatic rings. The highest BCUT2D eigenvalue weighted by atomic mass is 35.5. The average molecular weight is 285 g/mol. The first-order valence-electron chi connectivity index (χ1n) is 6.78. The Balaban J connectivity index is 1.92. The summed E-state index contributed by atoms with van der Waals surface area (Å²) < 4.78 is 2.24. The predicted molar refractivity (Wildman–Crippen MR) is 85.3 cm³/mol. The normalized spacial score (nSPS) is 11.1. The third kappa shape index (κ3) is 2.72. The quantitative estimate of drug-likeness (QED) is 0.775. The number of nitrogens with two attached hydrogens (primary N) is 1. The standard InChI is InChI=1S/C17H17ClN2/c18-16-3-1-2-14(11-16)12-20-9-7-15-10-13(6-8-19)4-5-17(15)20/h1-5,7,9-11H,6,8,12,19H2. The summed E-state index contributed by atoms with van der Waals surface area (Å²) in [6.45, 7) is 1.52. The number of hydrogen-bond donors (Lipinski definition) is 1. The van der Waals surface area contributed by atoms with Crippen LogP contribution in [0.5, 0.6) is 0 Å². The van der Waals surface area contributed by atoms with Gasteiger partial charge < -0.3 is 10.3 Å². The summed E-state index contributed by atoms with van der Waals surface area (Å²) >= 11 is 6.04. The molecule has 1 heterocycles. The van der Waals surface area contributed by atoms with Crippen molar-refractivity contribution in [3.05, 3.63) is 70.9 Å². The zero-order valence-corrected chi connectivity index (χ0v) is 12.0. The third-order valence-electron chi connectivity index (χ3n) is 3.51. The molecule has 0 bridgehead atoms. The van der Waals surface area contributed by atoms with Crippen molar-refractivity contribution in [3.8, 4) is 0 Å². The SMILES string of the molecule is NCCc1ccc2c(ccn2Cc2cccc(Cl)c2)c1. The Morgan fingerprint density at radius 3 is 2.70 bits per heavy atom. The van der Waals surface area contributed by atoms with Crippen LogP contribution >= 0.6 is 11.6 Å². The van der Waals surface area contributed by atoms with E-state index in [1.54, 1.807) is 0 Å². The summed E-state index contributed by atoms with van der Waals surface area (Å²) in [7, 11) is 0. The maximum absolute atomic E-state index is 6.04. The van der Waals surface area contributed by atoms with Crippen LogP contribution < -0.4 is 5.73 Å². The van der Waals surface area contributed by atoms with E-state index in [-0.39, 0.29) is 0 Å². The van der Waals surface area contributed by atoms with Crippen molar-refractivity contribution in [2.75, 3.05) is 6.54 Å². The van der Waals surface area contributed by atoms with Crippen LogP contribution in [-0.2, 0) is 13.0 Å². The highest BCUT2D eigenvalue weighted by Gasteiger charge is 2.03. The molecule has 0 fully saturated rings. The molecule has 0 aliphatic rings. The highest BCUT2D eigenvalue weighted by molar-refractivity contribution is 6.30. The molecule has 0 aliphatic heterocycles. The van der Waals surface area contributed by atoms with Gasteiger partial charge in [-0.2, -0.15) is 0 Å². The van der Waals surface area contributed by atoms with Gasteiger partial charge in [0.2, 0.25) is 0 Å². The smallest absolute Gasteiger partial charge is 0.0483 e. The second-order valence-electron chi connectivity index (χ2n) is 5.01. The molecule has 0 saturated carbocycles. The predicted octanol–water partition coefficient (Wildman–Crippen LogP) is 3.84. The van der Waals surface area contributed by atoms with Crippen molar-refractivity contribution in [2.24, 2.45) is 5.73 Å². The molecule has 1 aromatic heterocycles. The summed E-state index contributed by atoms with van der Waals surface area (Å²) in [5, 5.41) is 2.04. The van der Waals surface area contributed by atoms with Crippen LogP contribution in [0.15, 0.2) is 54.7 Å². The lowest BCUT2D eigenvalue weighted by Crippen LogP contribution is -2.02. The Kier molecular flexibility index (Phi) is 3.77. The largest absolute Gasteiger partial charge is 0.343 e. The first-order chi connectivity index (χ1) is 9.76. The molecule has 2 N–H and O–H groups in total. The van der Waals surface area contributed by atoms with E-state index in [0.717, 1.165) is 18.0 Å². The van der Waals surface area contributed by atoms with Crippen molar-refractivity contribution in [3.63, 3.8) is 0 Å². The number of halogens is 1. The molecule has 3 rings (SSSR count). The van der Waals surface area contributed by atoms with Crippen molar-refractivity contribution in [1.82, 2.24) is 4.57 Å². The van der Waals surface area contributed by atoms with Gasteiger partial charge in [-0.3, -0.25) is 0 Å². The fourth-order valence-corrected chi connectivity index (χ4v) is 2.75. The van der Waals surface area contributed by atoms with E-state index in [2.05, 4.69) is 41.1 Å². The monoisotopic (exact) mass is 284 g/mol. The molecule has 0 aliphatic carbocycles. The molecule has 20 heavy (non-hydrogen) atoms. The van der Waals surface area contributed by atoms with Crippen molar-refractivity contribution in [1.29, 1.82) is 0 Å². The van der Waals surface area contributed by atoms with Crippen LogP contribution in [0, 0.1) is 0 Å². The topological polar surface area (TPSA) is 30.9 Å². The minimum absolute atomic E-state index is 0.689. The van der Waals surface area contributed by atoms with Crippen LogP contribution in [0.2, 0.25) is 5.02 Å². The van der Waals surface area contributed by atoms with E-state index in [4.69, 9.17) is 17.3 Å². The molecule has 0 atom stereocenters. The number of hydrogen-bond acceptors (Lipinski definition) is 1. The lowest BCUT2D eigenvalue weighted by molar-refractivity contribution is 0.836. The van der Waals surface area contributed by atoms with E-state index in [1.807, 2.05) is 18.2 Å². The van der Waals surface area contributed by atoms with Gasteiger partial charge in [-0.1, -0.05) is 29.8 Å². The summed E-state index contributed by atoms with van der Waals surface area (Å²) in [5.74, 6) is 0. The maximum atomic E-state index is 6.04. The molecule has 0 unspecified atom stereocenters. The second kappa shape index (κ2) is 5.70. The minimum atomic E-state index is 0.689. The van der Waals surface area contributed by atoms with Gasteiger partial charge in [0.15, 0.2) is 0 Å². The fourth-order valence-electron chi connectivity index (χ4n) is 2.54. The number of rotatable bonds is 4. The first kappa shape index (κ1) is 13.2. The van der Waals surface area contributed by atoms with Gasteiger partial charge in [0, 0.05) is 23.3 Å².